The topological polar surface area (TPSA) is 81.4 Å². The average Bonchev–Trinajstić information content (AvgIpc) is 2.49. The highest BCUT2D eigenvalue weighted by molar-refractivity contribution is 9.10. The lowest BCUT2D eigenvalue weighted by molar-refractivity contribution is -0.118. The van der Waals surface area contributed by atoms with Gasteiger partial charge in [-0.2, -0.15) is 0 Å². The van der Waals surface area contributed by atoms with Gasteiger partial charge in [-0.3, -0.25) is 9.59 Å². The minimum Gasteiger partial charge on any atom is -0.484 e. The van der Waals surface area contributed by atoms with E-state index >= 15 is 0 Å². The highest BCUT2D eigenvalue weighted by Gasteiger charge is 2.10. The summed E-state index contributed by atoms with van der Waals surface area (Å²) in [6.45, 7) is 1.70. The Morgan fingerprint density at radius 3 is 2.50 bits per heavy atom. The van der Waals surface area contributed by atoms with E-state index in [9.17, 15) is 9.59 Å². The lowest BCUT2D eigenvalue weighted by Gasteiger charge is -2.12. The van der Waals surface area contributed by atoms with Gasteiger partial charge < -0.3 is 15.8 Å². The molecule has 2 aromatic carbocycles. The molecule has 2 rings (SSSR count). The fourth-order valence-electron chi connectivity index (χ4n) is 2.09. The van der Waals surface area contributed by atoms with Crippen LogP contribution in [0.5, 0.6) is 5.75 Å². The Labute approximate surface area is 153 Å². The quantitative estimate of drug-likeness (QED) is 0.764. The molecular formula is C17H16BrClN2O3. The van der Waals surface area contributed by atoms with Gasteiger partial charge in [-0.1, -0.05) is 39.7 Å². The van der Waals surface area contributed by atoms with Gasteiger partial charge >= 0.3 is 0 Å². The fraction of sp³-hybridized carbons (Fsp3) is 0.176. The Hall–Kier alpha value is -2.05. The number of aryl methyl sites for hydroxylation is 1. The highest BCUT2D eigenvalue weighted by atomic mass is 79.9. The number of halogens is 2. The van der Waals surface area contributed by atoms with Crippen molar-refractivity contribution in [2.45, 2.75) is 13.3 Å². The minimum atomic E-state index is -0.398. The van der Waals surface area contributed by atoms with Crippen molar-refractivity contribution in [1.29, 1.82) is 0 Å². The summed E-state index contributed by atoms with van der Waals surface area (Å²) in [6.07, 6.45) is 0.169. The lowest BCUT2D eigenvalue weighted by atomic mass is 10.1. The number of ether oxygens (including phenoxy) is 1. The predicted molar refractivity (Wildman–Crippen MR) is 97.4 cm³/mol. The zero-order valence-electron chi connectivity index (χ0n) is 12.9. The molecule has 2 amide bonds. The summed E-state index contributed by atoms with van der Waals surface area (Å²) in [5, 5.41) is 3.19. The Balaban J connectivity index is 1.93. The first kappa shape index (κ1) is 18.3. The summed E-state index contributed by atoms with van der Waals surface area (Å²) in [5.41, 5.74) is 7.33. The van der Waals surface area contributed by atoms with Crippen LogP contribution in [0.4, 0.5) is 5.69 Å². The summed E-state index contributed by atoms with van der Waals surface area (Å²) < 4.78 is 6.27. The second-order valence-electron chi connectivity index (χ2n) is 5.20. The van der Waals surface area contributed by atoms with Crippen molar-refractivity contribution in [2.75, 3.05) is 11.9 Å². The predicted octanol–water partition coefficient (Wildman–Crippen LogP) is 3.46. The maximum Gasteiger partial charge on any atom is 0.262 e. The third-order valence-corrected chi connectivity index (χ3v) is 3.94. The number of primary amides is 1. The van der Waals surface area contributed by atoms with Gasteiger partial charge in [0.2, 0.25) is 5.91 Å². The molecule has 7 heteroatoms. The van der Waals surface area contributed by atoms with E-state index in [0.29, 0.717) is 16.5 Å². The first-order valence-electron chi connectivity index (χ1n) is 7.10. The molecule has 0 atom stereocenters. The van der Waals surface area contributed by atoms with Crippen LogP contribution in [0, 0.1) is 6.92 Å². The SMILES string of the molecule is Cc1cc(Br)cc(Cl)c1NC(=O)COc1ccc(CC(N)=O)cc1. The van der Waals surface area contributed by atoms with Gasteiger partial charge in [-0.05, 0) is 42.3 Å². The number of carbonyl (C=O) groups is 2. The Kier molecular flexibility index (Phi) is 6.23. The molecule has 0 aliphatic carbocycles. The van der Waals surface area contributed by atoms with Crippen LogP contribution in [-0.4, -0.2) is 18.4 Å². The van der Waals surface area contributed by atoms with Crippen molar-refractivity contribution in [2.24, 2.45) is 5.73 Å². The van der Waals surface area contributed by atoms with Gasteiger partial charge in [0.1, 0.15) is 5.75 Å². The van der Waals surface area contributed by atoms with E-state index in [-0.39, 0.29) is 18.9 Å². The van der Waals surface area contributed by atoms with Crippen molar-refractivity contribution < 1.29 is 14.3 Å². The van der Waals surface area contributed by atoms with Crippen LogP contribution < -0.4 is 15.8 Å². The number of rotatable bonds is 6. The number of hydrogen-bond donors (Lipinski definition) is 2. The molecule has 126 valence electrons. The molecule has 0 radical (unpaired) electrons. The molecule has 2 aromatic rings. The number of anilines is 1. The second kappa shape index (κ2) is 8.17. The van der Waals surface area contributed by atoms with E-state index < -0.39 is 5.91 Å². The van der Waals surface area contributed by atoms with Crippen LogP contribution in [0.3, 0.4) is 0 Å². The van der Waals surface area contributed by atoms with Gasteiger partial charge in [0, 0.05) is 4.47 Å². The monoisotopic (exact) mass is 410 g/mol. The molecule has 0 aliphatic rings. The molecule has 0 heterocycles. The van der Waals surface area contributed by atoms with Gasteiger partial charge in [0.15, 0.2) is 6.61 Å². The van der Waals surface area contributed by atoms with Crippen LogP contribution in [0.15, 0.2) is 40.9 Å². The summed E-state index contributed by atoms with van der Waals surface area (Å²) in [6, 6.07) is 10.4. The molecule has 0 saturated carbocycles. The third kappa shape index (κ3) is 5.25. The number of nitrogens with one attached hydrogen (secondary N) is 1. The van der Waals surface area contributed by atoms with Gasteiger partial charge in [0.25, 0.3) is 5.91 Å². The van der Waals surface area contributed by atoms with Crippen molar-refractivity contribution in [1.82, 2.24) is 0 Å². The van der Waals surface area contributed by atoms with Crippen LogP contribution in [0.25, 0.3) is 0 Å². The van der Waals surface area contributed by atoms with Crippen molar-refractivity contribution >= 4 is 45.0 Å². The number of benzene rings is 2. The second-order valence-corrected chi connectivity index (χ2v) is 6.53. The molecule has 0 aliphatic heterocycles. The molecule has 0 unspecified atom stereocenters. The molecular weight excluding hydrogens is 396 g/mol. The molecule has 3 N–H and O–H groups in total. The van der Waals surface area contributed by atoms with Crippen molar-refractivity contribution in [3.8, 4) is 5.75 Å². The zero-order chi connectivity index (χ0) is 17.7. The number of hydrogen-bond acceptors (Lipinski definition) is 3. The molecule has 0 saturated heterocycles. The van der Waals surface area contributed by atoms with Crippen LogP contribution in [0.1, 0.15) is 11.1 Å². The molecule has 5 nitrogen and oxygen atoms in total. The summed E-state index contributed by atoms with van der Waals surface area (Å²) in [5.74, 6) is -0.190. The normalized spacial score (nSPS) is 10.3. The maximum absolute atomic E-state index is 12.0. The van der Waals surface area contributed by atoms with E-state index in [0.717, 1.165) is 15.6 Å². The van der Waals surface area contributed by atoms with Gasteiger partial charge in [0.05, 0.1) is 17.1 Å². The first-order chi connectivity index (χ1) is 11.3. The zero-order valence-corrected chi connectivity index (χ0v) is 15.3. The number of carbonyl (C=O) groups excluding carboxylic acids is 2. The molecule has 0 fully saturated rings. The van der Waals surface area contributed by atoms with Crippen LogP contribution in [-0.2, 0) is 16.0 Å². The largest absolute Gasteiger partial charge is 0.484 e. The van der Waals surface area contributed by atoms with E-state index in [4.69, 9.17) is 22.1 Å². The number of amides is 2. The van der Waals surface area contributed by atoms with E-state index in [1.54, 1.807) is 30.3 Å². The standard InChI is InChI=1S/C17H16BrClN2O3/c1-10-6-12(18)8-14(19)17(10)21-16(23)9-24-13-4-2-11(3-5-13)7-15(20)22/h2-6,8H,7,9H2,1H3,(H2,20,22)(H,21,23). The summed E-state index contributed by atoms with van der Waals surface area (Å²) in [4.78, 5) is 22.9. The van der Waals surface area contributed by atoms with E-state index in [1.165, 1.54) is 0 Å². The van der Waals surface area contributed by atoms with E-state index in [1.807, 2.05) is 13.0 Å². The molecule has 0 bridgehead atoms. The minimum absolute atomic E-state index is 0.152. The third-order valence-electron chi connectivity index (χ3n) is 3.19. The lowest BCUT2D eigenvalue weighted by Crippen LogP contribution is -2.21. The van der Waals surface area contributed by atoms with E-state index in [2.05, 4.69) is 21.2 Å². The van der Waals surface area contributed by atoms with Crippen LogP contribution >= 0.6 is 27.5 Å². The first-order valence-corrected chi connectivity index (χ1v) is 8.28. The smallest absolute Gasteiger partial charge is 0.262 e. The van der Waals surface area contributed by atoms with Crippen molar-refractivity contribution in [3.63, 3.8) is 0 Å². The molecule has 0 spiro atoms. The van der Waals surface area contributed by atoms with Crippen LogP contribution in [0.2, 0.25) is 5.02 Å². The highest BCUT2D eigenvalue weighted by Crippen LogP contribution is 2.29. The van der Waals surface area contributed by atoms with Crippen molar-refractivity contribution in [3.05, 3.63) is 57.0 Å². The maximum atomic E-state index is 12.0. The molecule has 24 heavy (non-hydrogen) atoms. The van der Waals surface area contributed by atoms with Gasteiger partial charge in [-0.15, -0.1) is 0 Å². The average molecular weight is 412 g/mol. The Bertz CT molecular complexity index is 740. The Morgan fingerprint density at radius 1 is 1.25 bits per heavy atom. The Morgan fingerprint density at radius 2 is 1.92 bits per heavy atom. The number of nitrogens with two attached hydrogens (primary N) is 1. The molecule has 0 aromatic heterocycles. The summed E-state index contributed by atoms with van der Waals surface area (Å²) in [7, 11) is 0. The summed E-state index contributed by atoms with van der Waals surface area (Å²) >= 11 is 9.48. The fourth-order valence-corrected chi connectivity index (χ4v) is 3.11. The van der Waals surface area contributed by atoms with Gasteiger partial charge in [-0.25, -0.2) is 0 Å².